The molecule has 9 fully saturated rings. The smallest absolute Gasteiger partial charge is 0.00391 e. The monoisotopic (exact) mass is 964 g/mol. The van der Waals surface area contributed by atoms with E-state index in [1.165, 1.54) is 152 Å². The van der Waals surface area contributed by atoms with Gasteiger partial charge < -0.3 is 24.8 Å². The van der Waals surface area contributed by atoms with Crippen LogP contribution in [0.15, 0.2) is 109 Å². The molecule has 4 heteroatoms. The molecule has 63 heavy (non-hydrogen) atoms. The summed E-state index contributed by atoms with van der Waals surface area (Å²) in [6, 6.07) is 43.0. The van der Waals surface area contributed by atoms with Crippen LogP contribution in [0.5, 0.6) is 0 Å². The molecule has 0 nitrogen and oxygen atoms in total. The van der Waals surface area contributed by atoms with E-state index in [1.54, 1.807) is 40.0 Å². The number of halogens is 2. The van der Waals surface area contributed by atoms with Gasteiger partial charge in [-0.1, -0.05) is 91.6 Å². The molecule has 0 heterocycles. The van der Waals surface area contributed by atoms with E-state index >= 15 is 0 Å². The van der Waals surface area contributed by atoms with Gasteiger partial charge in [0.1, 0.15) is 0 Å². The number of aryl methyl sites for hydroxylation is 1. The summed E-state index contributed by atoms with van der Waals surface area (Å²) in [6.45, 7) is 6.86. The van der Waals surface area contributed by atoms with Crippen LogP contribution in [-0.2, 0) is 40.6 Å². The average molecular weight is 967 g/mol. The standard InChI is InChI=1S/C30H33.C27H29.C2H6Si.2ClH.Zr/c1-2-5-23(4-1)26-15-25-6-3-7-28(29(25)16-26)24-8-10-27(11-9-24)30-17-20-12-21(18-30)14-22(13-20)19-30;1-2-18-13-23-4-3-5-25(26(23)14-18)22-6-8-24(9-7-22)27-15-19-10-20(16-27)12-21(11-19)17-27;1-3-2;;;/h3,6-11,15-16,20-23H,1-2,4-5,12-14,17-19H2;3-9,13-14,19-21H,2,10-12,15-17H2,1H3;1-2H3;2*1H;/q2*-1;;;;+2/p-2. The fourth-order valence-corrected chi connectivity index (χ4v) is 15.7. The summed E-state index contributed by atoms with van der Waals surface area (Å²) in [6.07, 6.45) is 24.6. The normalized spacial score (nSPS) is 29.7. The molecule has 0 N–H and O–H groups in total. The zero-order valence-corrected chi connectivity index (χ0v) is 43.2. The SMILES string of the molecule is CCc1cc2c(-c3ccc(C45CC6CC(CC(C6)C4)C5)cc3)cccc2[cH-]1.C[Si](C)=[Zr+2].[Cl-].[Cl-].c1cc(-c2ccc(C34CC5CC(CC(C5)C3)C4)cc2)c2cc(C3CCCC3)[cH-]c2c1. The number of benzene rings is 4. The minimum Gasteiger partial charge on any atom is -1.00 e. The van der Waals surface area contributed by atoms with Crippen LogP contribution in [0.3, 0.4) is 0 Å². The zero-order chi connectivity index (χ0) is 41.3. The third-order valence-electron chi connectivity index (χ3n) is 17.5. The Labute approximate surface area is 407 Å². The van der Waals surface area contributed by atoms with E-state index in [1.807, 2.05) is 0 Å². The Kier molecular flexibility index (Phi) is 13.7. The third-order valence-corrected chi connectivity index (χ3v) is 17.5. The van der Waals surface area contributed by atoms with Gasteiger partial charge in [0.2, 0.25) is 0 Å². The predicted molar refractivity (Wildman–Crippen MR) is 258 cm³/mol. The number of rotatable bonds is 6. The van der Waals surface area contributed by atoms with Crippen LogP contribution in [0.4, 0.5) is 0 Å². The molecule has 328 valence electrons. The summed E-state index contributed by atoms with van der Waals surface area (Å²) < 4.78 is 0. The maximum atomic E-state index is 2.51. The second-order valence-electron chi connectivity index (χ2n) is 22.2. The molecule has 0 saturated heterocycles. The van der Waals surface area contributed by atoms with Crippen LogP contribution < -0.4 is 24.8 Å². The summed E-state index contributed by atoms with van der Waals surface area (Å²) in [5, 5.41) is 5.69. The van der Waals surface area contributed by atoms with Gasteiger partial charge in [0.25, 0.3) is 0 Å². The quantitative estimate of drug-likeness (QED) is 0.115. The first-order valence-electron chi connectivity index (χ1n) is 24.8. The minimum absolute atomic E-state index is 0. The van der Waals surface area contributed by atoms with Crippen molar-refractivity contribution in [2.24, 2.45) is 35.5 Å². The molecule has 15 rings (SSSR count). The maximum absolute atomic E-state index is 2.51. The van der Waals surface area contributed by atoms with Gasteiger partial charge in [0, 0.05) is 0 Å². The van der Waals surface area contributed by atoms with Crippen molar-refractivity contribution in [2.75, 3.05) is 0 Å². The molecule has 0 aromatic heterocycles. The van der Waals surface area contributed by atoms with Gasteiger partial charge in [-0.05, 0) is 171 Å². The molecule has 0 radical (unpaired) electrons. The number of hydrogen-bond donors (Lipinski definition) is 0. The van der Waals surface area contributed by atoms with Gasteiger partial charge in [-0.15, -0.1) is 69.1 Å². The van der Waals surface area contributed by atoms with Gasteiger partial charge in [-0.25, -0.2) is 0 Å². The first-order valence-corrected chi connectivity index (χ1v) is 31.0. The molecule has 6 aromatic rings. The van der Waals surface area contributed by atoms with E-state index in [2.05, 4.69) is 129 Å². The zero-order valence-electron chi connectivity index (χ0n) is 38.2. The van der Waals surface area contributed by atoms with E-state index in [9.17, 15) is 0 Å². The molecular formula is C59H68Cl2SiZr-2. The Morgan fingerprint density at radius 1 is 0.540 bits per heavy atom. The van der Waals surface area contributed by atoms with E-state index in [-0.39, 0.29) is 30.2 Å². The Balaban J connectivity index is 0.000000144. The van der Waals surface area contributed by atoms with Gasteiger partial charge in [-0.3, -0.25) is 0 Å². The Bertz CT molecular complexity index is 2460. The summed E-state index contributed by atoms with van der Waals surface area (Å²) in [5.41, 5.74) is 13.1. The third kappa shape index (κ3) is 9.02. The Morgan fingerprint density at radius 2 is 0.921 bits per heavy atom. The van der Waals surface area contributed by atoms with Crippen LogP contribution in [-0.4, -0.2) is 5.43 Å². The first kappa shape index (κ1) is 45.9. The average Bonchev–Trinajstić information content (AvgIpc) is 4.03. The molecular weight excluding hydrogens is 899 g/mol. The summed E-state index contributed by atoms with van der Waals surface area (Å²) in [4.78, 5) is 0. The van der Waals surface area contributed by atoms with Crippen LogP contribution in [0.2, 0.25) is 13.1 Å². The van der Waals surface area contributed by atoms with Crippen molar-refractivity contribution in [1.29, 1.82) is 0 Å². The molecule has 9 aliphatic carbocycles. The van der Waals surface area contributed by atoms with E-state index in [0.717, 1.165) is 47.8 Å². The van der Waals surface area contributed by atoms with Crippen molar-refractivity contribution in [2.45, 2.75) is 146 Å². The topological polar surface area (TPSA) is 0 Å². The van der Waals surface area contributed by atoms with Crippen molar-refractivity contribution >= 4 is 27.0 Å². The number of hydrogen-bond acceptors (Lipinski definition) is 0. The molecule has 8 bridgehead atoms. The van der Waals surface area contributed by atoms with Crippen molar-refractivity contribution < 1.29 is 48.1 Å². The van der Waals surface area contributed by atoms with Crippen molar-refractivity contribution in [3.8, 4) is 22.3 Å². The maximum Gasteiger partial charge on any atom is -0.00391 e. The fourth-order valence-electron chi connectivity index (χ4n) is 15.7. The molecule has 6 aromatic carbocycles. The van der Waals surface area contributed by atoms with Crippen molar-refractivity contribution in [3.63, 3.8) is 0 Å². The van der Waals surface area contributed by atoms with E-state index in [4.69, 9.17) is 0 Å². The number of fused-ring (bicyclic) bond motifs is 2. The molecule has 0 unspecified atom stereocenters. The molecule has 0 atom stereocenters. The van der Waals surface area contributed by atoms with Crippen LogP contribution >= 0.6 is 0 Å². The van der Waals surface area contributed by atoms with Crippen molar-refractivity contribution in [3.05, 3.63) is 131 Å². The van der Waals surface area contributed by atoms with Gasteiger partial charge in [-0.2, -0.15) is 12.1 Å². The fraction of sp³-hybridized carbons (Fsp3) is 0.492. The minimum atomic E-state index is 0. The van der Waals surface area contributed by atoms with Crippen molar-refractivity contribution in [1.82, 2.24) is 0 Å². The molecule has 0 amide bonds. The largest absolute Gasteiger partial charge is 1.00 e. The summed E-state index contributed by atoms with van der Waals surface area (Å²) in [5.74, 6) is 6.89. The first-order chi connectivity index (χ1) is 29.7. The van der Waals surface area contributed by atoms with Crippen LogP contribution in [0.25, 0.3) is 43.8 Å². The van der Waals surface area contributed by atoms with E-state index in [0.29, 0.717) is 10.8 Å². The summed E-state index contributed by atoms with van der Waals surface area (Å²) >= 11 is 1.74. The van der Waals surface area contributed by atoms with Gasteiger partial charge in [0.05, 0.1) is 0 Å². The van der Waals surface area contributed by atoms with Crippen LogP contribution in [0, 0.1) is 35.5 Å². The van der Waals surface area contributed by atoms with Gasteiger partial charge in [0.15, 0.2) is 0 Å². The molecule has 0 spiro atoms. The van der Waals surface area contributed by atoms with E-state index < -0.39 is 0 Å². The Morgan fingerprint density at radius 3 is 1.32 bits per heavy atom. The van der Waals surface area contributed by atoms with Gasteiger partial charge >= 0.3 is 41.9 Å². The molecule has 9 aliphatic rings. The Hall–Kier alpha value is -2.22. The summed E-state index contributed by atoms with van der Waals surface area (Å²) in [7, 11) is 0. The van der Waals surface area contributed by atoms with Crippen LogP contribution in [0.1, 0.15) is 138 Å². The second kappa shape index (κ2) is 18.8. The predicted octanol–water partition coefficient (Wildman–Crippen LogP) is 10.4. The molecule has 9 saturated carbocycles. The second-order valence-corrected chi connectivity index (χ2v) is 31.5. The molecule has 0 aliphatic heterocycles.